The molecule has 1 rings (SSSR count). The molecule has 0 aliphatic heterocycles. The molecule has 0 saturated heterocycles. The molecule has 1 aromatic rings. The van der Waals surface area contributed by atoms with Crippen molar-refractivity contribution in [3.63, 3.8) is 0 Å². The van der Waals surface area contributed by atoms with Crippen LogP contribution in [0.5, 0.6) is 0 Å². The average Bonchev–Trinajstić information content (AvgIpc) is 2.63. The van der Waals surface area contributed by atoms with Gasteiger partial charge in [0.2, 0.25) is 5.91 Å². The molecule has 0 aliphatic carbocycles. The smallest absolute Gasteiger partial charge is 0.408 e. The summed E-state index contributed by atoms with van der Waals surface area (Å²) in [6, 6.07) is 6.65. The number of hydrogen-bond acceptors (Lipinski definition) is 6. The van der Waals surface area contributed by atoms with Gasteiger partial charge in [-0.1, -0.05) is 52.8 Å². The molecule has 0 aromatic heterocycles. The molecule has 148 valence electrons. The molecule has 2 amide bonds. The third-order valence-electron chi connectivity index (χ3n) is 3.48. The number of ether oxygens (including phenoxy) is 2. The summed E-state index contributed by atoms with van der Waals surface area (Å²) < 4.78 is 10.1. The van der Waals surface area contributed by atoms with Gasteiger partial charge in [-0.05, 0) is 17.0 Å². The molecule has 3 atom stereocenters. The van der Waals surface area contributed by atoms with Crippen LogP contribution in [0.25, 0.3) is 0 Å². The number of amides is 2. The Balaban J connectivity index is 2.69. The minimum atomic E-state index is -1.32. The van der Waals surface area contributed by atoms with Crippen molar-refractivity contribution in [3.8, 4) is 0 Å². The molecule has 9 heteroatoms. The van der Waals surface area contributed by atoms with Crippen LogP contribution in [-0.2, 0) is 25.7 Å². The lowest BCUT2D eigenvalue weighted by Crippen LogP contribution is -2.55. The summed E-state index contributed by atoms with van der Waals surface area (Å²) in [5.41, 5.74) is 0.771. The van der Waals surface area contributed by atoms with Crippen LogP contribution in [0.1, 0.15) is 18.9 Å². The van der Waals surface area contributed by atoms with Gasteiger partial charge >= 0.3 is 12.1 Å². The van der Waals surface area contributed by atoms with Gasteiger partial charge in [-0.2, -0.15) is 0 Å². The second-order valence-corrected chi connectivity index (χ2v) is 6.85. The van der Waals surface area contributed by atoms with E-state index in [2.05, 4.69) is 37.9 Å². The number of benzene rings is 1. The highest BCUT2D eigenvalue weighted by atomic mass is 79.9. The minimum absolute atomic E-state index is 0.00895. The maximum atomic E-state index is 12.4. The molecule has 0 radical (unpaired) electrons. The van der Waals surface area contributed by atoms with Gasteiger partial charge in [0.05, 0.1) is 13.2 Å². The van der Waals surface area contributed by atoms with Crippen LogP contribution in [0.15, 0.2) is 41.4 Å². The molecule has 0 saturated carbocycles. The first-order valence-corrected chi connectivity index (χ1v) is 8.90. The van der Waals surface area contributed by atoms with Crippen molar-refractivity contribution < 1.29 is 29.0 Å². The van der Waals surface area contributed by atoms with E-state index in [0.29, 0.717) is 4.48 Å². The second kappa shape index (κ2) is 11.3. The summed E-state index contributed by atoms with van der Waals surface area (Å²) in [5, 5.41) is 14.6. The number of aliphatic hydroxyl groups excluding tert-OH is 1. The normalized spacial score (nSPS) is 13.6. The topological polar surface area (TPSA) is 114 Å². The number of nitrogens with one attached hydrogen (secondary N) is 2. The van der Waals surface area contributed by atoms with E-state index in [-0.39, 0.29) is 13.0 Å². The van der Waals surface area contributed by atoms with Crippen LogP contribution < -0.4 is 10.6 Å². The van der Waals surface area contributed by atoms with E-state index in [4.69, 9.17) is 4.74 Å². The number of esters is 1. The lowest BCUT2D eigenvalue weighted by Gasteiger charge is -2.23. The zero-order valence-electron chi connectivity index (χ0n) is 15.1. The number of aliphatic hydroxyl groups is 1. The Kier molecular flexibility index (Phi) is 9.52. The van der Waals surface area contributed by atoms with E-state index >= 15 is 0 Å². The van der Waals surface area contributed by atoms with E-state index < -0.39 is 36.2 Å². The van der Waals surface area contributed by atoms with Crippen molar-refractivity contribution in [2.45, 2.75) is 38.1 Å². The predicted octanol–water partition coefficient (Wildman–Crippen LogP) is 1.62. The largest absolute Gasteiger partial charge is 0.467 e. The number of rotatable bonds is 9. The fraction of sp³-hybridized carbons (Fsp3) is 0.389. The number of hydrogen-bond donors (Lipinski definition) is 3. The Labute approximate surface area is 166 Å². The highest BCUT2D eigenvalue weighted by molar-refractivity contribution is 9.11. The van der Waals surface area contributed by atoms with E-state index in [0.717, 1.165) is 5.56 Å². The predicted molar refractivity (Wildman–Crippen MR) is 102 cm³/mol. The van der Waals surface area contributed by atoms with Crippen LogP contribution in [-0.4, -0.2) is 48.4 Å². The van der Waals surface area contributed by atoms with Gasteiger partial charge in [-0.15, -0.1) is 0 Å². The summed E-state index contributed by atoms with van der Waals surface area (Å²) in [6.07, 6.45) is -2.01. The van der Waals surface area contributed by atoms with E-state index in [9.17, 15) is 19.5 Å². The van der Waals surface area contributed by atoms with Gasteiger partial charge in [-0.25, -0.2) is 9.59 Å². The molecule has 0 bridgehead atoms. The van der Waals surface area contributed by atoms with Gasteiger partial charge in [0.15, 0.2) is 0 Å². The van der Waals surface area contributed by atoms with Crippen LogP contribution in [0.4, 0.5) is 4.79 Å². The zero-order chi connectivity index (χ0) is 20.4. The van der Waals surface area contributed by atoms with E-state index in [1.165, 1.54) is 14.0 Å². The Morgan fingerprint density at radius 3 is 2.37 bits per heavy atom. The van der Waals surface area contributed by atoms with Gasteiger partial charge in [-0.3, -0.25) is 4.79 Å². The number of carbonyl (C=O) groups excluding carboxylic acids is 3. The summed E-state index contributed by atoms with van der Waals surface area (Å²) >= 11 is 3.12. The summed E-state index contributed by atoms with van der Waals surface area (Å²) in [7, 11) is 1.18. The van der Waals surface area contributed by atoms with Crippen molar-refractivity contribution in [1.29, 1.82) is 0 Å². The molecule has 0 unspecified atom stereocenters. The lowest BCUT2D eigenvalue weighted by atomic mass is 10.1. The molecular formula is C18H23BrN2O6. The molecule has 27 heavy (non-hydrogen) atoms. The third-order valence-corrected chi connectivity index (χ3v) is 3.80. The maximum absolute atomic E-state index is 12.4. The SMILES string of the molecule is C=C(Br)C[C@H](NC(=O)[C@@H](NC(=O)OCc1ccccc1)[C@@H](C)O)C(=O)OC. The van der Waals surface area contributed by atoms with Gasteiger partial charge in [0.25, 0.3) is 0 Å². The highest BCUT2D eigenvalue weighted by Crippen LogP contribution is 2.11. The van der Waals surface area contributed by atoms with Crippen molar-refractivity contribution >= 4 is 33.9 Å². The molecular weight excluding hydrogens is 420 g/mol. The first-order chi connectivity index (χ1) is 12.7. The first-order valence-electron chi connectivity index (χ1n) is 8.11. The van der Waals surface area contributed by atoms with Crippen molar-refractivity contribution in [2.75, 3.05) is 7.11 Å². The number of carbonyl (C=O) groups is 3. The third kappa shape index (κ3) is 8.23. The van der Waals surface area contributed by atoms with E-state index in [1.807, 2.05) is 6.07 Å². The molecule has 3 N–H and O–H groups in total. The summed E-state index contributed by atoms with van der Waals surface area (Å²) in [5.74, 6) is -1.44. The maximum Gasteiger partial charge on any atom is 0.408 e. The highest BCUT2D eigenvalue weighted by Gasteiger charge is 2.30. The fourth-order valence-electron chi connectivity index (χ4n) is 2.12. The molecule has 0 fully saturated rings. The zero-order valence-corrected chi connectivity index (χ0v) is 16.7. The fourth-order valence-corrected chi connectivity index (χ4v) is 2.44. The van der Waals surface area contributed by atoms with Crippen LogP contribution in [0.3, 0.4) is 0 Å². The van der Waals surface area contributed by atoms with Crippen LogP contribution >= 0.6 is 15.9 Å². The Bertz CT molecular complexity index is 665. The van der Waals surface area contributed by atoms with Crippen LogP contribution in [0, 0.1) is 0 Å². The number of methoxy groups -OCH3 is 1. The Morgan fingerprint density at radius 1 is 1.22 bits per heavy atom. The minimum Gasteiger partial charge on any atom is -0.467 e. The second-order valence-electron chi connectivity index (χ2n) is 5.73. The molecule has 8 nitrogen and oxygen atoms in total. The van der Waals surface area contributed by atoms with Gasteiger partial charge < -0.3 is 25.2 Å². The van der Waals surface area contributed by atoms with Gasteiger partial charge in [0.1, 0.15) is 18.7 Å². The van der Waals surface area contributed by atoms with E-state index in [1.54, 1.807) is 24.3 Å². The van der Waals surface area contributed by atoms with Crippen molar-refractivity contribution in [3.05, 3.63) is 47.0 Å². The lowest BCUT2D eigenvalue weighted by molar-refractivity contribution is -0.145. The molecule has 1 aromatic carbocycles. The summed E-state index contributed by atoms with van der Waals surface area (Å²) in [4.78, 5) is 36.1. The monoisotopic (exact) mass is 442 g/mol. The quantitative estimate of drug-likeness (QED) is 0.500. The standard InChI is InChI=1S/C18H23BrN2O6/c1-11(19)9-14(17(24)26-3)20-16(23)15(12(2)22)21-18(25)27-10-13-7-5-4-6-8-13/h4-8,12,14-15,22H,1,9-10H2,2-3H3,(H,20,23)(H,21,25)/t12-,14+,15+/m1/s1. The first kappa shape index (κ1) is 22.7. The summed E-state index contributed by atoms with van der Waals surface area (Å²) in [6.45, 7) is 4.96. The van der Waals surface area contributed by atoms with Crippen molar-refractivity contribution in [2.24, 2.45) is 0 Å². The molecule has 0 heterocycles. The Hall–Kier alpha value is -2.39. The van der Waals surface area contributed by atoms with Crippen LogP contribution in [0.2, 0.25) is 0 Å². The number of alkyl carbamates (subject to hydrolysis) is 1. The average molecular weight is 443 g/mol. The Morgan fingerprint density at radius 2 is 1.85 bits per heavy atom. The van der Waals surface area contributed by atoms with Crippen molar-refractivity contribution in [1.82, 2.24) is 10.6 Å². The number of halogens is 1. The van der Waals surface area contributed by atoms with Gasteiger partial charge in [0, 0.05) is 6.42 Å². The molecule has 0 aliphatic rings. The molecule has 0 spiro atoms.